The average Bonchev–Trinajstić information content (AvgIpc) is 2.88. The molecule has 2 aliphatic carbocycles. The molecular weight excluding hydrogens is 292 g/mol. The van der Waals surface area contributed by atoms with Crippen LogP contribution in [0.2, 0.25) is 0 Å². The average molecular weight is 313 g/mol. The highest BCUT2D eigenvalue weighted by Gasteiger charge is 2.47. The van der Waals surface area contributed by atoms with Gasteiger partial charge >= 0.3 is 0 Å². The van der Waals surface area contributed by atoms with Gasteiger partial charge in [0.2, 0.25) is 0 Å². The Balaban J connectivity index is 1.73. The molecule has 18 heavy (non-hydrogen) atoms. The zero-order valence-corrected chi connectivity index (χ0v) is 12.6. The molecule has 3 N–H and O–H groups in total. The molecule has 0 aromatic carbocycles. The molecule has 1 aromatic rings. The molecule has 4 nitrogen and oxygen atoms in total. The van der Waals surface area contributed by atoms with Crippen LogP contribution in [0.1, 0.15) is 30.7 Å². The highest BCUT2D eigenvalue weighted by Crippen LogP contribution is 2.55. The van der Waals surface area contributed by atoms with Crippen LogP contribution in [0.25, 0.3) is 0 Å². The number of aromatic nitrogens is 2. The molecule has 100 valence electrons. The maximum atomic E-state index is 5.77. The van der Waals surface area contributed by atoms with Gasteiger partial charge in [-0.3, -0.25) is 16.0 Å². The summed E-state index contributed by atoms with van der Waals surface area (Å²) in [5.74, 6) is 8.51. The van der Waals surface area contributed by atoms with Crippen LogP contribution in [0, 0.1) is 24.7 Å². The van der Waals surface area contributed by atoms with Crippen LogP contribution in [0.4, 0.5) is 0 Å². The lowest BCUT2D eigenvalue weighted by atomic mass is 9.91. The highest BCUT2D eigenvalue weighted by molar-refractivity contribution is 9.10. The number of nitrogens with zero attached hydrogens (tertiary/aromatic N) is 2. The number of hydrogen-bond donors (Lipinski definition) is 2. The molecule has 0 spiro atoms. The second kappa shape index (κ2) is 4.62. The van der Waals surface area contributed by atoms with Gasteiger partial charge in [0, 0.05) is 19.5 Å². The number of rotatable bonds is 4. The minimum absolute atomic E-state index is 0.379. The van der Waals surface area contributed by atoms with E-state index < -0.39 is 0 Å². The van der Waals surface area contributed by atoms with Crippen LogP contribution in [0.3, 0.4) is 0 Å². The van der Waals surface area contributed by atoms with Crippen molar-refractivity contribution >= 4 is 15.9 Å². The van der Waals surface area contributed by atoms with Crippen molar-refractivity contribution in [1.82, 2.24) is 15.2 Å². The second-order valence-corrected chi connectivity index (χ2v) is 6.73. The molecule has 2 saturated carbocycles. The summed E-state index contributed by atoms with van der Waals surface area (Å²) in [7, 11) is 2.01. The van der Waals surface area contributed by atoms with Gasteiger partial charge in [-0.25, -0.2) is 0 Å². The second-order valence-electron chi connectivity index (χ2n) is 5.93. The van der Waals surface area contributed by atoms with Gasteiger partial charge in [-0.15, -0.1) is 0 Å². The molecule has 3 atom stereocenters. The van der Waals surface area contributed by atoms with Gasteiger partial charge in [0.25, 0.3) is 0 Å². The van der Waals surface area contributed by atoms with E-state index in [4.69, 9.17) is 5.84 Å². The molecule has 5 heteroatoms. The van der Waals surface area contributed by atoms with E-state index in [-0.39, 0.29) is 0 Å². The van der Waals surface area contributed by atoms with Crippen LogP contribution in [-0.2, 0) is 13.5 Å². The van der Waals surface area contributed by atoms with Gasteiger partial charge in [-0.05, 0) is 59.9 Å². The zero-order valence-electron chi connectivity index (χ0n) is 11.0. The lowest BCUT2D eigenvalue weighted by Gasteiger charge is -2.24. The Labute approximate surface area is 116 Å². The molecule has 0 saturated heterocycles. The van der Waals surface area contributed by atoms with E-state index in [1.165, 1.54) is 25.0 Å². The van der Waals surface area contributed by atoms with Gasteiger partial charge in [0.1, 0.15) is 0 Å². The molecule has 3 rings (SSSR count). The van der Waals surface area contributed by atoms with Crippen molar-refractivity contribution < 1.29 is 0 Å². The number of fused-ring (bicyclic) bond motifs is 1. The SMILES string of the molecule is Cc1nn(C)c(CC(NN)C2CC3CC3C2)c1Br. The van der Waals surface area contributed by atoms with Gasteiger partial charge in [-0.2, -0.15) is 5.10 Å². The minimum atomic E-state index is 0.379. The first-order valence-electron chi connectivity index (χ1n) is 6.74. The molecule has 0 radical (unpaired) electrons. The Morgan fingerprint density at radius 3 is 2.61 bits per heavy atom. The van der Waals surface area contributed by atoms with Gasteiger partial charge < -0.3 is 0 Å². The minimum Gasteiger partial charge on any atom is -0.271 e. The monoisotopic (exact) mass is 312 g/mol. The molecule has 1 heterocycles. The summed E-state index contributed by atoms with van der Waals surface area (Å²) in [4.78, 5) is 0. The fourth-order valence-electron chi connectivity index (χ4n) is 3.56. The van der Waals surface area contributed by atoms with Gasteiger partial charge in [0.15, 0.2) is 0 Å². The molecule has 0 bridgehead atoms. The third-order valence-corrected chi connectivity index (χ3v) is 5.77. The normalized spacial score (nSPS) is 31.4. The van der Waals surface area contributed by atoms with Crippen molar-refractivity contribution in [3.63, 3.8) is 0 Å². The highest BCUT2D eigenvalue weighted by atomic mass is 79.9. The number of nitrogens with two attached hydrogens (primary N) is 1. The fourth-order valence-corrected chi connectivity index (χ4v) is 4.06. The first kappa shape index (κ1) is 12.6. The Hall–Kier alpha value is -0.390. The summed E-state index contributed by atoms with van der Waals surface area (Å²) in [5, 5.41) is 4.45. The van der Waals surface area contributed by atoms with E-state index in [1.54, 1.807) is 0 Å². The van der Waals surface area contributed by atoms with Gasteiger partial charge in [-0.1, -0.05) is 0 Å². The van der Waals surface area contributed by atoms with Crippen LogP contribution in [0.15, 0.2) is 4.47 Å². The van der Waals surface area contributed by atoms with Crippen molar-refractivity contribution in [2.75, 3.05) is 0 Å². The summed E-state index contributed by atoms with van der Waals surface area (Å²) in [6, 6.07) is 0.379. The van der Waals surface area contributed by atoms with Crippen molar-refractivity contribution in [2.45, 2.75) is 38.6 Å². The number of hydrazine groups is 1. The van der Waals surface area contributed by atoms with Crippen LogP contribution >= 0.6 is 15.9 Å². The first-order chi connectivity index (χ1) is 8.60. The smallest absolute Gasteiger partial charge is 0.0738 e. The van der Waals surface area contributed by atoms with E-state index in [0.717, 1.165) is 34.3 Å². The Kier molecular flexibility index (Phi) is 3.24. The number of halogens is 1. The summed E-state index contributed by atoms with van der Waals surface area (Å²) >= 11 is 3.64. The van der Waals surface area contributed by atoms with E-state index >= 15 is 0 Å². The molecule has 3 unspecified atom stereocenters. The maximum absolute atomic E-state index is 5.77. The molecule has 0 amide bonds. The van der Waals surface area contributed by atoms with E-state index in [2.05, 4.69) is 26.5 Å². The quantitative estimate of drug-likeness (QED) is 0.659. The zero-order chi connectivity index (χ0) is 12.9. The lowest BCUT2D eigenvalue weighted by molar-refractivity contribution is 0.331. The van der Waals surface area contributed by atoms with Crippen LogP contribution in [0.5, 0.6) is 0 Å². The molecule has 0 aliphatic heterocycles. The molecule has 2 aliphatic rings. The van der Waals surface area contributed by atoms with Crippen LogP contribution < -0.4 is 11.3 Å². The largest absolute Gasteiger partial charge is 0.271 e. The Morgan fingerprint density at radius 1 is 1.44 bits per heavy atom. The van der Waals surface area contributed by atoms with Crippen LogP contribution in [-0.4, -0.2) is 15.8 Å². The standard InChI is InChI=1S/C13H21BrN4/c1-7-13(14)12(18(2)17-7)6-11(16-15)10-4-8-3-9(8)5-10/h8-11,16H,3-6,15H2,1-2H3. The topological polar surface area (TPSA) is 55.9 Å². The number of hydrogen-bond acceptors (Lipinski definition) is 3. The summed E-state index contributed by atoms with van der Waals surface area (Å²) in [6.45, 7) is 2.03. The first-order valence-corrected chi connectivity index (χ1v) is 7.53. The number of nitrogens with one attached hydrogen (secondary N) is 1. The van der Waals surface area contributed by atoms with Crippen molar-refractivity contribution in [1.29, 1.82) is 0 Å². The van der Waals surface area contributed by atoms with E-state index in [1.807, 2.05) is 18.7 Å². The van der Waals surface area contributed by atoms with Crippen molar-refractivity contribution in [2.24, 2.45) is 30.6 Å². The van der Waals surface area contributed by atoms with E-state index in [9.17, 15) is 0 Å². The summed E-state index contributed by atoms with van der Waals surface area (Å²) in [5.41, 5.74) is 5.33. The predicted molar refractivity (Wildman–Crippen MR) is 74.8 cm³/mol. The predicted octanol–water partition coefficient (Wildman–Crippen LogP) is 1.91. The summed E-state index contributed by atoms with van der Waals surface area (Å²) in [6.07, 6.45) is 5.13. The molecule has 1 aromatic heterocycles. The fraction of sp³-hybridized carbons (Fsp3) is 0.769. The number of aryl methyl sites for hydroxylation is 2. The van der Waals surface area contributed by atoms with Crippen molar-refractivity contribution in [3.05, 3.63) is 15.9 Å². The van der Waals surface area contributed by atoms with Crippen molar-refractivity contribution in [3.8, 4) is 0 Å². The lowest BCUT2D eigenvalue weighted by Crippen LogP contribution is -2.42. The molecule has 2 fully saturated rings. The Morgan fingerprint density at radius 2 is 2.11 bits per heavy atom. The van der Waals surface area contributed by atoms with Gasteiger partial charge in [0.05, 0.1) is 15.9 Å². The van der Waals surface area contributed by atoms with E-state index in [0.29, 0.717) is 6.04 Å². The Bertz CT molecular complexity index is 446. The molecular formula is C13H21BrN4. The maximum Gasteiger partial charge on any atom is 0.0738 e. The third-order valence-electron chi connectivity index (χ3n) is 4.74. The summed E-state index contributed by atoms with van der Waals surface area (Å²) < 4.78 is 3.10. The third kappa shape index (κ3) is 2.12.